The molecule has 2 N–H and O–H groups in total. The van der Waals surface area contributed by atoms with Crippen LogP contribution in [0.15, 0.2) is 30.3 Å². The van der Waals surface area contributed by atoms with Gasteiger partial charge in [-0.05, 0) is 24.3 Å². The van der Waals surface area contributed by atoms with Gasteiger partial charge >= 0.3 is 12.1 Å². The molecule has 0 saturated heterocycles. The number of amides is 1. The lowest BCUT2D eigenvalue weighted by atomic mass is 9.74. The van der Waals surface area contributed by atoms with Crippen molar-refractivity contribution in [2.75, 3.05) is 6.54 Å². The number of nitrogens with one attached hydrogen (secondary N) is 1. The van der Waals surface area contributed by atoms with Gasteiger partial charge in [-0.15, -0.1) is 0 Å². The van der Waals surface area contributed by atoms with Crippen LogP contribution in [0.4, 0.5) is 4.79 Å². The third-order valence-corrected chi connectivity index (χ3v) is 3.46. The topological polar surface area (TPSA) is 75.6 Å². The highest BCUT2D eigenvalue weighted by Gasteiger charge is 2.36. The van der Waals surface area contributed by atoms with Gasteiger partial charge in [-0.3, -0.25) is 4.79 Å². The van der Waals surface area contributed by atoms with Crippen molar-refractivity contribution < 1.29 is 19.4 Å². The Hall–Kier alpha value is -2.04. The molecule has 2 atom stereocenters. The Labute approximate surface area is 111 Å². The predicted molar refractivity (Wildman–Crippen MR) is 68.5 cm³/mol. The lowest BCUT2D eigenvalue weighted by molar-refractivity contribution is -0.147. The van der Waals surface area contributed by atoms with E-state index in [-0.39, 0.29) is 18.4 Å². The van der Waals surface area contributed by atoms with E-state index in [4.69, 9.17) is 9.84 Å². The first-order chi connectivity index (χ1) is 9.16. The number of carbonyl (C=O) groups is 2. The number of rotatable bonds is 5. The van der Waals surface area contributed by atoms with Gasteiger partial charge in [-0.2, -0.15) is 0 Å². The van der Waals surface area contributed by atoms with Crippen molar-refractivity contribution in [3.63, 3.8) is 0 Å². The monoisotopic (exact) mass is 263 g/mol. The molecule has 5 nitrogen and oxygen atoms in total. The molecule has 5 heteroatoms. The Kier molecular flexibility index (Phi) is 4.39. The van der Waals surface area contributed by atoms with Crippen LogP contribution in [0.2, 0.25) is 0 Å². The van der Waals surface area contributed by atoms with Crippen molar-refractivity contribution in [2.24, 2.45) is 11.8 Å². The minimum atomic E-state index is -0.782. The maximum atomic E-state index is 11.5. The molecule has 1 saturated carbocycles. The van der Waals surface area contributed by atoms with Crippen LogP contribution in [-0.2, 0) is 16.1 Å². The van der Waals surface area contributed by atoms with E-state index < -0.39 is 12.1 Å². The van der Waals surface area contributed by atoms with Crippen molar-refractivity contribution in [3.05, 3.63) is 35.9 Å². The van der Waals surface area contributed by atoms with Gasteiger partial charge in [0, 0.05) is 6.54 Å². The molecule has 0 radical (unpaired) electrons. The minimum Gasteiger partial charge on any atom is -0.481 e. The van der Waals surface area contributed by atoms with Gasteiger partial charge in [-0.25, -0.2) is 4.79 Å². The van der Waals surface area contributed by atoms with E-state index in [1.165, 1.54) is 0 Å². The van der Waals surface area contributed by atoms with Crippen LogP contribution >= 0.6 is 0 Å². The van der Waals surface area contributed by atoms with E-state index in [2.05, 4.69) is 5.32 Å². The number of carboxylic acids is 1. The molecule has 0 aliphatic heterocycles. The summed E-state index contributed by atoms with van der Waals surface area (Å²) >= 11 is 0. The Balaban J connectivity index is 1.66. The molecule has 2 rings (SSSR count). The van der Waals surface area contributed by atoms with Gasteiger partial charge in [0.2, 0.25) is 0 Å². The third kappa shape index (κ3) is 3.71. The fourth-order valence-corrected chi connectivity index (χ4v) is 2.13. The summed E-state index contributed by atoms with van der Waals surface area (Å²) in [6, 6.07) is 9.40. The summed E-state index contributed by atoms with van der Waals surface area (Å²) in [7, 11) is 0. The first-order valence-electron chi connectivity index (χ1n) is 6.34. The van der Waals surface area contributed by atoms with E-state index >= 15 is 0 Å². The summed E-state index contributed by atoms with van der Waals surface area (Å²) in [5.74, 6) is -1.08. The summed E-state index contributed by atoms with van der Waals surface area (Å²) < 4.78 is 5.05. The molecular weight excluding hydrogens is 246 g/mol. The second-order valence-corrected chi connectivity index (χ2v) is 4.72. The minimum absolute atomic E-state index is 0.0294. The molecular formula is C14H17NO4. The van der Waals surface area contributed by atoms with Gasteiger partial charge in [0.1, 0.15) is 6.61 Å². The molecule has 1 aromatic rings. The SMILES string of the molecule is O=C(NC[C@H]1CC[C@H]1C(=O)O)OCc1ccccc1. The number of hydrogen-bond acceptors (Lipinski definition) is 3. The molecule has 1 amide bonds. The number of carboxylic acid groups (broad SMARTS) is 1. The lowest BCUT2D eigenvalue weighted by Gasteiger charge is -2.33. The fourth-order valence-electron chi connectivity index (χ4n) is 2.13. The average molecular weight is 263 g/mol. The van der Waals surface area contributed by atoms with Crippen LogP contribution in [0.25, 0.3) is 0 Å². The lowest BCUT2D eigenvalue weighted by Crippen LogP contribution is -2.41. The summed E-state index contributed by atoms with van der Waals surface area (Å²) in [5.41, 5.74) is 0.921. The zero-order chi connectivity index (χ0) is 13.7. The summed E-state index contributed by atoms with van der Waals surface area (Å²) in [5, 5.41) is 11.5. The van der Waals surface area contributed by atoms with Crippen molar-refractivity contribution in [3.8, 4) is 0 Å². The maximum absolute atomic E-state index is 11.5. The molecule has 1 aliphatic carbocycles. The van der Waals surface area contributed by atoms with E-state index in [9.17, 15) is 9.59 Å². The normalized spacial score (nSPS) is 21.3. The number of ether oxygens (including phenoxy) is 1. The average Bonchev–Trinajstić information content (AvgIpc) is 2.36. The maximum Gasteiger partial charge on any atom is 0.407 e. The molecule has 19 heavy (non-hydrogen) atoms. The van der Waals surface area contributed by atoms with E-state index in [0.29, 0.717) is 13.0 Å². The largest absolute Gasteiger partial charge is 0.481 e. The first-order valence-corrected chi connectivity index (χ1v) is 6.34. The summed E-state index contributed by atoms with van der Waals surface area (Å²) in [6.45, 7) is 0.588. The van der Waals surface area contributed by atoms with Crippen molar-refractivity contribution in [1.82, 2.24) is 5.32 Å². The van der Waals surface area contributed by atoms with Crippen LogP contribution in [0.3, 0.4) is 0 Å². The third-order valence-electron chi connectivity index (χ3n) is 3.46. The van der Waals surface area contributed by atoms with Gasteiger partial charge in [0.15, 0.2) is 0 Å². The molecule has 1 fully saturated rings. The fraction of sp³-hybridized carbons (Fsp3) is 0.429. The molecule has 1 aromatic carbocycles. The Morgan fingerprint density at radius 2 is 2.00 bits per heavy atom. The van der Waals surface area contributed by atoms with Crippen molar-refractivity contribution >= 4 is 12.1 Å². The Bertz CT molecular complexity index is 446. The zero-order valence-corrected chi connectivity index (χ0v) is 10.5. The smallest absolute Gasteiger partial charge is 0.407 e. The van der Waals surface area contributed by atoms with E-state index in [1.807, 2.05) is 30.3 Å². The van der Waals surface area contributed by atoms with Gasteiger partial charge < -0.3 is 15.2 Å². The number of alkyl carbamates (subject to hydrolysis) is 1. The van der Waals surface area contributed by atoms with Gasteiger partial charge in [0.05, 0.1) is 5.92 Å². The van der Waals surface area contributed by atoms with Gasteiger partial charge in [-0.1, -0.05) is 30.3 Å². The first kappa shape index (κ1) is 13.4. The highest BCUT2D eigenvalue weighted by Crippen LogP contribution is 2.33. The molecule has 102 valence electrons. The number of benzene rings is 1. The van der Waals surface area contributed by atoms with Crippen molar-refractivity contribution in [1.29, 1.82) is 0 Å². The molecule has 0 bridgehead atoms. The molecule has 0 spiro atoms. The van der Waals surface area contributed by atoms with Crippen LogP contribution in [-0.4, -0.2) is 23.7 Å². The molecule has 0 heterocycles. The van der Waals surface area contributed by atoms with E-state index in [1.54, 1.807) is 0 Å². The number of carbonyl (C=O) groups excluding carboxylic acids is 1. The summed E-state index contributed by atoms with van der Waals surface area (Å²) in [6.07, 6.45) is 1.04. The van der Waals surface area contributed by atoms with Crippen molar-refractivity contribution in [2.45, 2.75) is 19.4 Å². The van der Waals surface area contributed by atoms with Crippen LogP contribution in [0, 0.1) is 11.8 Å². The Morgan fingerprint density at radius 3 is 2.58 bits per heavy atom. The van der Waals surface area contributed by atoms with E-state index in [0.717, 1.165) is 12.0 Å². The second kappa shape index (κ2) is 6.22. The van der Waals surface area contributed by atoms with Crippen LogP contribution in [0.1, 0.15) is 18.4 Å². The Morgan fingerprint density at radius 1 is 1.26 bits per heavy atom. The number of hydrogen-bond donors (Lipinski definition) is 2. The highest BCUT2D eigenvalue weighted by molar-refractivity contribution is 5.72. The van der Waals surface area contributed by atoms with Gasteiger partial charge in [0.25, 0.3) is 0 Å². The van der Waals surface area contributed by atoms with Crippen LogP contribution < -0.4 is 5.32 Å². The van der Waals surface area contributed by atoms with Crippen LogP contribution in [0.5, 0.6) is 0 Å². The summed E-state index contributed by atoms with van der Waals surface area (Å²) in [4.78, 5) is 22.3. The predicted octanol–water partition coefficient (Wildman–Crippen LogP) is 2.02. The molecule has 1 aliphatic rings. The molecule has 0 aromatic heterocycles. The highest BCUT2D eigenvalue weighted by atomic mass is 16.5. The molecule has 0 unspecified atom stereocenters. The quantitative estimate of drug-likeness (QED) is 0.852. The standard InChI is InChI=1S/C14H17NO4/c16-13(17)12-7-6-11(12)8-15-14(18)19-9-10-4-2-1-3-5-10/h1-5,11-12H,6-9H2,(H,15,18)(H,16,17)/t11-,12-/m1/s1. The second-order valence-electron chi connectivity index (χ2n) is 4.72. The zero-order valence-electron chi connectivity index (χ0n) is 10.5. The number of aliphatic carboxylic acids is 1.